The summed E-state index contributed by atoms with van der Waals surface area (Å²) in [5.41, 5.74) is 0. The number of nitrogens with one attached hydrogen (secondary N) is 1. The molecule has 0 aromatic carbocycles. The van der Waals surface area contributed by atoms with Crippen molar-refractivity contribution in [3.63, 3.8) is 0 Å². The highest BCUT2D eigenvalue weighted by molar-refractivity contribution is 5.82. The molecule has 4 nitrogen and oxygen atoms in total. The van der Waals surface area contributed by atoms with Crippen LogP contribution < -0.4 is 5.32 Å². The van der Waals surface area contributed by atoms with Gasteiger partial charge in [0.2, 0.25) is 11.8 Å². The van der Waals surface area contributed by atoms with E-state index in [1.165, 1.54) is 25.7 Å². The molecule has 0 aromatic rings. The van der Waals surface area contributed by atoms with Crippen LogP contribution in [0.1, 0.15) is 58.3 Å². The number of nitrogens with zero attached hydrogens (tertiary/aromatic N) is 1. The van der Waals surface area contributed by atoms with Crippen LogP contribution in [0.4, 0.5) is 0 Å². The van der Waals surface area contributed by atoms with Gasteiger partial charge >= 0.3 is 0 Å². The Bertz CT molecular complexity index is 480. The van der Waals surface area contributed by atoms with Gasteiger partial charge in [0, 0.05) is 31.0 Å². The lowest BCUT2D eigenvalue weighted by Crippen LogP contribution is -2.47. The van der Waals surface area contributed by atoms with Crippen LogP contribution in [0.25, 0.3) is 0 Å². The second-order valence-corrected chi connectivity index (χ2v) is 8.51. The van der Waals surface area contributed by atoms with Gasteiger partial charge in [-0.1, -0.05) is 6.42 Å². The molecule has 0 radical (unpaired) electrons. The molecule has 128 valence electrons. The molecule has 23 heavy (non-hydrogen) atoms. The molecule has 4 unspecified atom stereocenters. The summed E-state index contributed by atoms with van der Waals surface area (Å²) in [7, 11) is 0. The summed E-state index contributed by atoms with van der Waals surface area (Å²) in [5.74, 6) is 3.47. The molecule has 1 heterocycles. The minimum absolute atomic E-state index is 0.110. The van der Waals surface area contributed by atoms with Gasteiger partial charge in [0.05, 0.1) is 0 Å². The Morgan fingerprint density at radius 1 is 0.957 bits per heavy atom. The number of hydrogen-bond acceptors (Lipinski definition) is 2. The van der Waals surface area contributed by atoms with Crippen molar-refractivity contribution in [2.45, 2.75) is 64.3 Å². The average molecular weight is 318 g/mol. The second-order valence-electron chi connectivity index (χ2n) is 8.51. The van der Waals surface area contributed by atoms with Gasteiger partial charge < -0.3 is 10.2 Å². The summed E-state index contributed by atoms with van der Waals surface area (Å²) >= 11 is 0. The van der Waals surface area contributed by atoms with E-state index in [-0.39, 0.29) is 11.8 Å². The number of rotatable bonds is 4. The molecular formula is C19H30N2O2. The maximum atomic E-state index is 12.6. The maximum absolute atomic E-state index is 12.6. The molecule has 4 heteroatoms. The number of amides is 2. The minimum Gasteiger partial charge on any atom is -0.353 e. The van der Waals surface area contributed by atoms with E-state index in [9.17, 15) is 9.59 Å². The fraction of sp³-hybridized carbons (Fsp3) is 0.895. The summed E-state index contributed by atoms with van der Waals surface area (Å²) in [6.07, 6.45) is 9.32. The van der Waals surface area contributed by atoms with Crippen LogP contribution in [-0.2, 0) is 9.59 Å². The quantitative estimate of drug-likeness (QED) is 0.866. The Balaban J connectivity index is 1.24. The van der Waals surface area contributed by atoms with E-state index >= 15 is 0 Å². The van der Waals surface area contributed by atoms with Crippen molar-refractivity contribution in [1.29, 1.82) is 0 Å². The van der Waals surface area contributed by atoms with E-state index < -0.39 is 0 Å². The van der Waals surface area contributed by atoms with Crippen LogP contribution in [0.2, 0.25) is 0 Å². The second kappa shape index (κ2) is 6.10. The summed E-state index contributed by atoms with van der Waals surface area (Å²) < 4.78 is 0. The van der Waals surface area contributed by atoms with Crippen LogP contribution in [-0.4, -0.2) is 35.8 Å². The Morgan fingerprint density at radius 3 is 2.26 bits per heavy atom. The number of hydrogen-bond donors (Lipinski definition) is 1. The third-order valence-electron chi connectivity index (χ3n) is 6.91. The number of carbonyl (C=O) groups excluding carboxylic acids is 2. The molecule has 2 bridgehead atoms. The Hall–Kier alpha value is -1.06. The molecular weight excluding hydrogens is 288 g/mol. The molecule has 1 N–H and O–H groups in total. The van der Waals surface area contributed by atoms with Crippen LogP contribution in [0.3, 0.4) is 0 Å². The molecule has 4 aliphatic rings. The fourth-order valence-electron chi connectivity index (χ4n) is 5.31. The highest BCUT2D eigenvalue weighted by atomic mass is 16.2. The average Bonchev–Trinajstić information content (AvgIpc) is 3.20. The number of likely N-dealkylation sites (tertiary alicyclic amines) is 1. The molecule has 3 saturated carbocycles. The zero-order valence-corrected chi connectivity index (χ0v) is 14.3. The Labute approximate surface area is 139 Å². The van der Waals surface area contributed by atoms with Crippen molar-refractivity contribution < 1.29 is 9.59 Å². The van der Waals surface area contributed by atoms with Crippen LogP contribution in [0.5, 0.6) is 0 Å². The van der Waals surface area contributed by atoms with Gasteiger partial charge in [-0.25, -0.2) is 0 Å². The van der Waals surface area contributed by atoms with Crippen molar-refractivity contribution in [2.24, 2.45) is 29.6 Å². The predicted octanol–water partition coefficient (Wildman–Crippen LogP) is 2.58. The van der Waals surface area contributed by atoms with Crippen LogP contribution in [0, 0.1) is 29.6 Å². The SMILES string of the molecule is CC(NC(=O)C1CCN(C(=O)C2CC2)CC1)C1CC2CCC1C2. The van der Waals surface area contributed by atoms with Crippen molar-refractivity contribution in [1.82, 2.24) is 10.2 Å². The van der Waals surface area contributed by atoms with E-state index in [1.807, 2.05) is 4.90 Å². The first-order valence-corrected chi connectivity index (χ1v) is 9.71. The highest BCUT2D eigenvalue weighted by Crippen LogP contribution is 2.49. The van der Waals surface area contributed by atoms with Crippen molar-refractivity contribution in [3.05, 3.63) is 0 Å². The lowest BCUT2D eigenvalue weighted by atomic mass is 9.83. The van der Waals surface area contributed by atoms with Gasteiger partial charge in [0.15, 0.2) is 0 Å². The summed E-state index contributed by atoms with van der Waals surface area (Å²) in [5, 5.41) is 3.31. The van der Waals surface area contributed by atoms with Crippen molar-refractivity contribution in [2.75, 3.05) is 13.1 Å². The molecule has 3 aliphatic carbocycles. The molecule has 0 spiro atoms. The molecule has 4 fully saturated rings. The molecule has 0 aromatic heterocycles. The third kappa shape index (κ3) is 3.14. The zero-order valence-electron chi connectivity index (χ0n) is 14.3. The van der Waals surface area contributed by atoms with Gasteiger partial charge in [-0.15, -0.1) is 0 Å². The van der Waals surface area contributed by atoms with Gasteiger partial charge in [-0.2, -0.15) is 0 Å². The fourth-order valence-corrected chi connectivity index (χ4v) is 5.31. The number of piperidine rings is 1. The maximum Gasteiger partial charge on any atom is 0.225 e. The first kappa shape index (κ1) is 15.5. The summed E-state index contributed by atoms with van der Waals surface area (Å²) in [6.45, 7) is 3.75. The summed E-state index contributed by atoms with van der Waals surface area (Å²) in [6, 6.07) is 0.323. The molecule has 2 amide bonds. The van der Waals surface area contributed by atoms with Gasteiger partial charge in [0.25, 0.3) is 0 Å². The van der Waals surface area contributed by atoms with E-state index in [1.54, 1.807) is 0 Å². The lowest BCUT2D eigenvalue weighted by Gasteiger charge is -2.34. The molecule has 1 saturated heterocycles. The zero-order chi connectivity index (χ0) is 16.0. The third-order valence-corrected chi connectivity index (χ3v) is 6.91. The van der Waals surface area contributed by atoms with Crippen LogP contribution in [0.15, 0.2) is 0 Å². The van der Waals surface area contributed by atoms with E-state index in [0.717, 1.165) is 50.6 Å². The van der Waals surface area contributed by atoms with Gasteiger partial charge in [-0.3, -0.25) is 9.59 Å². The topological polar surface area (TPSA) is 49.4 Å². The molecule has 4 rings (SSSR count). The van der Waals surface area contributed by atoms with Gasteiger partial charge in [0.1, 0.15) is 0 Å². The predicted molar refractivity (Wildman–Crippen MR) is 88.6 cm³/mol. The minimum atomic E-state index is 0.110. The normalized spacial score (nSPS) is 35.3. The first-order chi connectivity index (χ1) is 11.1. The van der Waals surface area contributed by atoms with Gasteiger partial charge in [-0.05, 0) is 69.6 Å². The Morgan fingerprint density at radius 2 is 1.70 bits per heavy atom. The summed E-state index contributed by atoms with van der Waals surface area (Å²) in [4.78, 5) is 26.7. The Kier molecular flexibility index (Phi) is 4.10. The monoisotopic (exact) mass is 318 g/mol. The van der Waals surface area contributed by atoms with E-state index in [2.05, 4.69) is 12.2 Å². The van der Waals surface area contributed by atoms with E-state index in [4.69, 9.17) is 0 Å². The highest BCUT2D eigenvalue weighted by Gasteiger charge is 2.42. The standard InChI is InChI=1S/C19H30N2O2/c1-12(17-11-13-2-3-16(17)10-13)20-18(22)14-6-8-21(9-7-14)19(23)15-4-5-15/h12-17H,2-11H2,1H3,(H,20,22). The smallest absolute Gasteiger partial charge is 0.225 e. The van der Waals surface area contributed by atoms with E-state index in [0.29, 0.717) is 23.8 Å². The van der Waals surface area contributed by atoms with Crippen molar-refractivity contribution >= 4 is 11.8 Å². The molecule has 4 atom stereocenters. The number of carbonyl (C=O) groups is 2. The molecule has 1 aliphatic heterocycles. The lowest BCUT2D eigenvalue weighted by molar-refractivity contribution is -0.137. The number of fused-ring (bicyclic) bond motifs is 2. The van der Waals surface area contributed by atoms with Crippen LogP contribution >= 0.6 is 0 Å². The van der Waals surface area contributed by atoms with Crippen molar-refractivity contribution in [3.8, 4) is 0 Å². The largest absolute Gasteiger partial charge is 0.353 e. The first-order valence-electron chi connectivity index (χ1n) is 9.71.